The Morgan fingerprint density at radius 2 is 2.19 bits per heavy atom. The molecule has 21 heavy (non-hydrogen) atoms. The zero-order valence-electron chi connectivity index (χ0n) is 11.5. The summed E-state index contributed by atoms with van der Waals surface area (Å²) < 4.78 is 6.68. The van der Waals surface area contributed by atoms with Gasteiger partial charge in [0, 0.05) is 27.0 Å². The number of esters is 1. The molecule has 1 fully saturated rings. The quantitative estimate of drug-likeness (QED) is 0.681. The lowest BCUT2D eigenvalue weighted by Crippen LogP contribution is -2.51. The van der Waals surface area contributed by atoms with Gasteiger partial charge in [-0.15, -0.1) is 0 Å². The van der Waals surface area contributed by atoms with Crippen LogP contribution < -0.4 is 0 Å². The summed E-state index contributed by atoms with van der Waals surface area (Å²) in [6.07, 6.45) is 0. The second kappa shape index (κ2) is 7.65. The summed E-state index contributed by atoms with van der Waals surface area (Å²) in [6, 6.07) is 4.88. The van der Waals surface area contributed by atoms with E-state index in [-0.39, 0.29) is 11.9 Å². The second-order valence-corrected chi connectivity index (χ2v) is 7.39. The minimum absolute atomic E-state index is 0.146. The highest BCUT2D eigenvalue weighted by atomic mass is 79.9. The molecule has 0 saturated carbocycles. The molecule has 4 nitrogen and oxygen atoms in total. The number of carbonyl (C=O) groups excluding carboxylic acids is 2. The Kier molecular flexibility index (Phi) is 6.13. The number of carbonyl (C=O) groups is 2. The SMILES string of the molecule is CCOC(=O)C1CSCCN1C(=O)c1ccc(Br)cc1Br. The third kappa shape index (κ3) is 4.02. The smallest absolute Gasteiger partial charge is 0.329 e. The standard InChI is InChI=1S/C14H15Br2NO3S/c1-2-20-14(19)12-8-21-6-5-17(12)13(18)10-4-3-9(15)7-11(10)16/h3-4,7,12H,2,5-6,8H2,1H3. The second-order valence-electron chi connectivity index (χ2n) is 4.47. The summed E-state index contributed by atoms with van der Waals surface area (Å²) in [4.78, 5) is 26.4. The van der Waals surface area contributed by atoms with Gasteiger partial charge >= 0.3 is 5.97 Å². The fourth-order valence-electron chi connectivity index (χ4n) is 2.10. The maximum absolute atomic E-state index is 12.7. The number of halogens is 2. The van der Waals surface area contributed by atoms with Gasteiger partial charge in [0.15, 0.2) is 0 Å². The van der Waals surface area contributed by atoms with Crippen molar-refractivity contribution in [2.75, 3.05) is 24.7 Å². The Balaban J connectivity index is 2.24. The van der Waals surface area contributed by atoms with E-state index in [9.17, 15) is 9.59 Å². The van der Waals surface area contributed by atoms with Crippen LogP contribution in [0, 0.1) is 0 Å². The molecular formula is C14H15Br2NO3S. The Morgan fingerprint density at radius 3 is 2.86 bits per heavy atom. The molecule has 0 aromatic heterocycles. The van der Waals surface area contributed by atoms with Gasteiger partial charge in [0.05, 0.1) is 12.2 Å². The highest BCUT2D eigenvalue weighted by Gasteiger charge is 2.34. The Hall–Kier alpha value is -0.530. The van der Waals surface area contributed by atoms with E-state index in [1.807, 2.05) is 12.1 Å². The average Bonchev–Trinajstić information content (AvgIpc) is 2.47. The molecule has 1 unspecified atom stereocenters. The molecule has 1 aliphatic rings. The first-order chi connectivity index (χ1) is 10.0. The Morgan fingerprint density at radius 1 is 1.43 bits per heavy atom. The van der Waals surface area contributed by atoms with Crippen LogP contribution in [0.3, 0.4) is 0 Å². The molecule has 1 atom stereocenters. The molecule has 0 spiro atoms. The number of amides is 1. The van der Waals surface area contributed by atoms with Gasteiger partial charge in [0.1, 0.15) is 6.04 Å². The van der Waals surface area contributed by atoms with Crippen molar-refractivity contribution in [2.45, 2.75) is 13.0 Å². The number of ether oxygens (including phenoxy) is 1. The van der Waals surface area contributed by atoms with Crippen LogP contribution in [0.4, 0.5) is 0 Å². The van der Waals surface area contributed by atoms with E-state index in [4.69, 9.17) is 4.74 Å². The van der Waals surface area contributed by atoms with Crippen molar-refractivity contribution in [3.63, 3.8) is 0 Å². The number of rotatable bonds is 3. The molecule has 1 aliphatic heterocycles. The van der Waals surface area contributed by atoms with E-state index in [1.54, 1.807) is 29.7 Å². The Labute approximate surface area is 144 Å². The first kappa shape index (κ1) is 16.8. The summed E-state index contributed by atoms with van der Waals surface area (Å²) in [5, 5.41) is 0. The summed E-state index contributed by atoms with van der Waals surface area (Å²) in [7, 11) is 0. The van der Waals surface area contributed by atoms with Crippen LogP contribution in [0.2, 0.25) is 0 Å². The normalized spacial score (nSPS) is 18.4. The fraction of sp³-hybridized carbons (Fsp3) is 0.429. The van der Waals surface area contributed by atoms with E-state index in [0.717, 1.165) is 10.2 Å². The van der Waals surface area contributed by atoms with E-state index in [1.165, 1.54) is 0 Å². The monoisotopic (exact) mass is 435 g/mol. The van der Waals surface area contributed by atoms with Crippen molar-refractivity contribution in [1.29, 1.82) is 0 Å². The topological polar surface area (TPSA) is 46.6 Å². The molecule has 7 heteroatoms. The lowest BCUT2D eigenvalue weighted by atomic mass is 10.1. The van der Waals surface area contributed by atoms with Crippen molar-refractivity contribution in [3.8, 4) is 0 Å². The number of hydrogen-bond acceptors (Lipinski definition) is 4. The number of thioether (sulfide) groups is 1. The zero-order chi connectivity index (χ0) is 15.4. The van der Waals surface area contributed by atoms with Gasteiger partial charge in [-0.3, -0.25) is 4.79 Å². The number of nitrogens with zero attached hydrogens (tertiary/aromatic N) is 1. The van der Waals surface area contributed by atoms with Crippen LogP contribution in [0.1, 0.15) is 17.3 Å². The lowest BCUT2D eigenvalue weighted by molar-refractivity contribution is -0.147. The molecule has 0 radical (unpaired) electrons. The van der Waals surface area contributed by atoms with Crippen LogP contribution in [0.15, 0.2) is 27.1 Å². The highest BCUT2D eigenvalue weighted by molar-refractivity contribution is 9.11. The van der Waals surface area contributed by atoms with Gasteiger partial charge in [-0.25, -0.2) is 4.79 Å². The van der Waals surface area contributed by atoms with Crippen LogP contribution >= 0.6 is 43.6 Å². The molecule has 1 saturated heterocycles. The lowest BCUT2D eigenvalue weighted by Gasteiger charge is -2.33. The molecule has 1 amide bonds. The van der Waals surface area contributed by atoms with E-state index in [0.29, 0.717) is 28.9 Å². The van der Waals surface area contributed by atoms with Gasteiger partial charge in [-0.05, 0) is 41.1 Å². The van der Waals surface area contributed by atoms with Gasteiger partial charge < -0.3 is 9.64 Å². The van der Waals surface area contributed by atoms with Crippen LogP contribution in [-0.2, 0) is 9.53 Å². The predicted molar refractivity (Wildman–Crippen MR) is 90.6 cm³/mol. The molecule has 2 rings (SSSR count). The molecule has 114 valence electrons. The summed E-state index contributed by atoms with van der Waals surface area (Å²) in [5.74, 6) is 0.938. The van der Waals surface area contributed by atoms with Crippen molar-refractivity contribution in [2.24, 2.45) is 0 Å². The largest absolute Gasteiger partial charge is 0.464 e. The van der Waals surface area contributed by atoms with Crippen molar-refractivity contribution in [1.82, 2.24) is 4.90 Å². The third-order valence-corrected chi connectivity index (χ3v) is 5.28. The number of benzene rings is 1. The van der Waals surface area contributed by atoms with E-state index < -0.39 is 6.04 Å². The van der Waals surface area contributed by atoms with Gasteiger partial charge in [-0.2, -0.15) is 11.8 Å². The average molecular weight is 437 g/mol. The zero-order valence-corrected chi connectivity index (χ0v) is 15.5. The summed E-state index contributed by atoms with van der Waals surface area (Å²) in [5.41, 5.74) is 0.555. The predicted octanol–water partition coefficient (Wildman–Crippen LogP) is 3.33. The minimum Gasteiger partial charge on any atom is -0.464 e. The Bertz CT molecular complexity index is 553. The first-order valence-corrected chi connectivity index (χ1v) is 9.29. The van der Waals surface area contributed by atoms with Crippen molar-refractivity contribution in [3.05, 3.63) is 32.7 Å². The fourth-order valence-corrected chi connectivity index (χ4v) is 4.35. The maximum atomic E-state index is 12.7. The van der Waals surface area contributed by atoms with Crippen LogP contribution in [0.5, 0.6) is 0 Å². The molecule has 0 aliphatic carbocycles. The first-order valence-electron chi connectivity index (χ1n) is 6.55. The third-order valence-electron chi connectivity index (χ3n) is 3.11. The summed E-state index contributed by atoms with van der Waals surface area (Å²) >= 11 is 8.43. The van der Waals surface area contributed by atoms with Crippen molar-refractivity contribution >= 4 is 55.5 Å². The summed E-state index contributed by atoms with van der Waals surface area (Å²) in [6.45, 7) is 2.64. The van der Waals surface area contributed by atoms with Gasteiger partial charge in [0.25, 0.3) is 5.91 Å². The van der Waals surface area contributed by atoms with E-state index in [2.05, 4.69) is 31.9 Å². The van der Waals surface area contributed by atoms with Crippen LogP contribution in [0.25, 0.3) is 0 Å². The van der Waals surface area contributed by atoms with Gasteiger partial charge in [-0.1, -0.05) is 15.9 Å². The molecule has 0 N–H and O–H groups in total. The van der Waals surface area contributed by atoms with Gasteiger partial charge in [0.2, 0.25) is 0 Å². The number of hydrogen-bond donors (Lipinski definition) is 0. The molecule has 1 heterocycles. The minimum atomic E-state index is -0.508. The highest BCUT2D eigenvalue weighted by Crippen LogP contribution is 2.26. The maximum Gasteiger partial charge on any atom is 0.329 e. The van der Waals surface area contributed by atoms with Crippen molar-refractivity contribution < 1.29 is 14.3 Å². The molecular weight excluding hydrogens is 422 g/mol. The van der Waals surface area contributed by atoms with E-state index >= 15 is 0 Å². The molecule has 0 bridgehead atoms. The molecule has 1 aromatic rings. The van der Waals surface area contributed by atoms with Crippen LogP contribution in [-0.4, -0.2) is 47.5 Å². The molecule has 1 aromatic carbocycles.